The molecule has 0 N–H and O–H groups in total. The lowest BCUT2D eigenvalue weighted by Crippen LogP contribution is -2.28. The van der Waals surface area contributed by atoms with Crippen LogP contribution >= 0.6 is 0 Å². The lowest BCUT2D eigenvalue weighted by atomic mass is 9.67. The van der Waals surface area contributed by atoms with Gasteiger partial charge < -0.3 is 0 Å². The molecule has 0 spiro atoms. The summed E-state index contributed by atoms with van der Waals surface area (Å²) >= 11 is 0. The van der Waals surface area contributed by atoms with Gasteiger partial charge in [0.05, 0.1) is 34.1 Å². The number of hydrogen-bond acceptors (Lipinski definition) is 4. The quantitative estimate of drug-likeness (QED) is 0.145. The van der Waals surface area contributed by atoms with Crippen molar-refractivity contribution in [3.05, 3.63) is 283 Å². The molecule has 9 aromatic carbocycles. The number of fused-ring (bicyclic) bond motifs is 3. The third-order valence-electron chi connectivity index (χ3n) is 13.5. The summed E-state index contributed by atoms with van der Waals surface area (Å²) in [5.41, 5.74) is 19.6. The molecule has 0 fully saturated rings. The average molecular weight is 879 g/mol. The Kier molecular flexibility index (Phi) is 10.4. The molecule has 1 aliphatic rings. The number of benzene rings is 9. The first-order chi connectivity index (χ1) is 34.1. The van der Waals surface area contributed by atoms with Gasteiger partial charge in [-0.25, -0.2) is 9.97 Å². The van der Waals surface area contributed by atoms with E-state index in [1.54, 1.807) is 0 Å². The number of pyridine rings is 1. The molecule has 322 valence electrons. The summed E-state index contributed by atoms with van der Waals surface area (Å²) in [5.74, 6) is 0.648. The number of nitriles is 1. The molecule has 0 saturated heterocycles. The minimum Gasteiger partial charge on any atom is -0.256 e. The molecule has 0 saturated carbocycles. The molecule has 2 aromatic heterocycles. The minimum absolute atomic E-state index is 0.632. The van der Waals surface area contributed by atoms with Gasteiger partial charge in [0.15, 0.2) is 5.82 Å². The maximum absolute atomic E-state index is 10.3. The predicted molar refractivity (Wildman–Crippen MR) is 280 cm³/mol. The number of aromatic nitrogens is 3. The van der Waals surface area contributed by atoms with Crippen LogP contribution in [-0.4, -0.2) is 15.0 Å². The number of hydrogen-bond donors (Lipinski definition) is 0. The van der Waals surface area contributed by atoms with E-state index in [9.17, 15) is 5.26 Å². The Hall–Kier alpha value is -9.30. The number of rotatable bonds is 9. The zero-order valence-corrected chi connectivity index (χ0v) is 37.5. The molecule has 11 aromatic rings. The van der Waals surface area contributed by atoms with Crippen LogP contribution in [0.2, 0.25) is 0 Å². The van der Waals surface area contributed by atoms with Crippen molar-refractivity contribution in [2.24, 2.45) is 0 Å². The van der Waals surface area contributed by atoms with E-state index in [4.69, 9.17) is 15.0 Å². The normalized spacial score (nSPS) is 12.2. The molecule has 4 nitrogen and oxygen atoms in total. The highest BCUT2D eigenvalue weighted by Gasteiger charge is 2.46. The fraction of sp³-hybridized carbons (Fsp3) is 0.0154. The second kappa shape index (κ2) is 17.5. The highest BCUT2D eigenvalue weighted by molar-refractivity contribution is 5.90. The Balaban J connectivity index is 1.07. The third-order valence-corrected chi connectivity index (χ3v) is 13.5. The van der Waals surface area contributed by atoms with Crippen LogP contribution in [0, 0.1) is 11.3 Å². The van der Waals surface area contributed by atoms with E-state index in [0.717, 1.165) is 101 Å². The van der Waals surface area contributed by atoms with E-state index in [0.29, 0.717) is 11.4 Å². The molecule has 1 aliphatic carbocycles. The second-order valence-electron chi connectivity index (χ2n) is 17.5. The Morgan fingerprint density at radius 1 is 0.319 bits per heavy atom. The summed E-state index contributed by atoms with van der Waals surface area (Å²) in [5, 5.41) is 10.3. The predicted octanol–water partition coefficient (Wildman–Crippen LogP) is 15.8. The molecule has 0 atom stereocenters. The van der Waals surface area contributed by atoms with Gasteiger partial charge in [-0.15, -0.1) is 0 Å². The first-order valence-electron chi connectivity index (χ1n) is 23.2. The molecule has 0 radical (unpaired) electrons. The first kappa shape index (κ1) is 41.2. The summed E-state index contributed by atoms with van der Waals surface area (Å²) in [4.78, 5) is 15.6. The molecule has 0 unspecified atom stereocenters. The summed E-state index contributed by atoms with van der Waals surface area (Å²) in [6.07, 6.45) is 1.96. The fourth-order valence-electron chi connectivity index (χ4n) is 10.1. The van der Waals surface area contributed by atoms with Gasteiger partial charge >= 0.3 is 0 Å². The van der Waals surface area contributed by atoms with Crippen LogP contribution < -0.4 is 0 Å². The van der Waals surface area contributed by atoms with Crippen molar-refractivity contribution in [3.63, 3.8) is 0 Å². The van der Waals surface area contributed by atoms with E-state index in [2.05, 4.69) is 218 Å². The maximum Gasteiger partial charge on any atom is 0.160 e. The van der Waals surface area contributed by atoms with Crippen molar-refractivity contribution in [2.45, 2.75) is 5.41 Å². The topological polar surface area (TPSA) is 62.5 Å². The van der Waals surface area contributed by atoms with Crippen molar-refractivity contribution in [2.75, 3.05) is 0 Å². The molecule has 69 heavy (non-hydrogen) atoms. The molecular formula is C65H42N4. The largest absolute Gasteiger partial charge is 0.256 e. The van der Waals surface area contributed by atoms with Crippen molar-refractivity contribution >= 4 is 0 Å². The zero-order valence-electron chi connectivity index (χ0n) is 37.5. The van der Waals surface area contributed by atoms with Gasteiger partial charge in [0.1, 0.15) is 0 Å². The van der Waals surface area contributed by atoms with Crippen LogP contribution in [0.3, 0.4) is 0 Å². The monoisotopic (exact) mass is 878 g/mol. The van der Waals surface area contributed by atoms with Gasteiger partial charge in [0.2, 0.25) is 0 Å². The van der Waals surface area contributed by atoms with Gasteiger partial charge in [-0.1, -0.05) is 200 Å². The molecule has 4 heteroatoms. The van der Waals surface area contributed by atoms with E-state index in [1.807, 2.05) is 42.6 Å². The molecule has 0 aliphatic heterocycles. The Labute approximate surface area is 402 Å². The summed E-state index contributed by atoms with van der Waals surface area (Å²) < 4.78 is 0. The van der Waals surface area contributed by atoms with Crippen LogP contribution in [0.5, 0.6) is 0 Å². The maximum atomic E-state index is 10.3. The van der Waals surface area contributed by atoms with Gasteiger partial charge in [0.25, 0.3) is 0 Å². The highest BCUT2D eigenvalue weighted by atomic mass is 14.9. The smallest absolute Gasteiger partial charge is 0.160 e. The molecular weight excluding hydrogens is 837 g/mol. The second-order valence-corrected chi connectivity index (χ2v) is 17.5. The van der Waals surface area contributed by atoms with Gasteiger partial charge in [0, 0.05) is 34.0 Å². The van der Waals surface area contributed by atoms with Gasteiger partial charge in [-0.05, 0) is 110 Å². The van der Waals surface area contributed by atoms with Crippen LogP contribution in [0.4, 0.5) is 0 Å². The Morgan fingerprint density at radius 3 is 1.35 bits per heavy atom. The Bertz CT molecular complexity index is 3640. The molecule has 0 bridgehead atoms. The molecule has 0 amide bonds. The summed E-state index contributed by atoms with van der Waals surface area (Å²) in [7, 11) is 0. The number of nitrogens with zero attached hydrogens (tertiary/aromatic N) is 4. The van der Waals surface area contributed by atoms with E-state index in [-0.39, 0.29) is 0 Å². The van der Waals surface area contributed by atoms with Crippen LogP contribution in [0.25, 0.3) is 89.7 Å². The lowest BCUT2D eigenvalue weighted by Gasteiger charge is -2.34. The van der Waals surface area contributed by atoms with E-state index < -0.39 is 5.41 Å². The standard InChI is InChI=1S/C65H42N4/c66-42-44-26-33-57-58-34-31-50(40-60(58)65(59(57)36-44,55-22-12-4-13-23-55)56-24-14-5-15-25-56)52-37-53(61-35-32-51(43-67-61)46-18-8-2-9-19-46)39-54(38-52)63-41-62(68-64(69-63)49-20-10-3-11-21-49)48-29-27-47(28-30-48)45-16-6-1-7-17-45/h1-41,43H. The third kappa shape index (κ3) is 7.49. The van der Waals surface area contributed by atoms with Crippen molar-refractivity contribution in [1.29, 1.82) is 5.26 Å². The fourth-order valence-corrected chi connectivity index (χ4v) is 10.1. The van der Waals surface area contributed by atoms with Crippen LogP contribution in [0.15, 0.2) is 255 Å². The SMILES string of the molecule is N#Cc1ccc2c(c1)C(c1ccccc1)(c1ccccc1)c1cc(-c3cc(-c4ccc(-c5ccccc5)cn4)cc(-c4cc(-c5ccc(-c6ccccc6)cc5)nc(-c5ccccc5)n4)c3)ccc1-2. The van der Waals surface area contributed by atoms with Crippen molar-refractivity contribution < 1.29 is 0 Å². The van der Waals surface area contributed by atoms with E-state index in [1.165, 1.54) is 5.56 Å². The summed E-state index contributed by atoms with van der Waals surface area (Å²) in [6.45, 7) is 0. The van der Waals surface area contributed by atoms with Gasteiger partial charge in [-0.2, -0.15) is 5.26 Å². The van der Waals surface area contributed by atoms with Crippen molar-refractivity contribution in [3.8, 4) is 95.7 Å². The summed E-state index contributed by atoms with van der Waals surface area (Å²) in [6, 6.07) is 89.6. The Morgan fingerprint density at radius 2 is 0.768 bits per heavy atom. The molecule has 2 heterocycles. The molecule has 12 rings (SSSR count). The van der Waals surface area contributed by atoms with Crippen LogP contribution in [-0.2, 0) is 5.41 Å². The zero-order chi connectivity index (χ0) is 46.2. The minimum atomic E-state index is -0.687. The highest BCUT2D eigenvalue weighted by Crippen LogP contribution is 2.57. The van der Waals surface area contributed by atoms with E-state index >= 15 is 0 Å². The first-order valence-corrected chi connectivity index (χ1v) is 23.2. The van der Waals surface area contributed by atoms with Gasteiger partial charge in [-0.3, -0.25) is 4.98 Å². The average Bonchev–Trinajstić information content (AvgIpc) is 3.73. The van der Waals surface area contributed by atoms with Crippen molar-refractivity contribution in [1.82, 2.24) is 15.0 Å². The lowest BCUT2D eigenvalue weighted by molar-refractivity contribution is 0.768. The van der Waals surface area contributed by atoms with Crippen LogP contribution in [0.1, 0.15) is 27.8 Å².